The van der Waals surface area contributed by atoms with Crippen molar-refractivity contribution in [2.24, 2.45) is 0 Å². The standard InChI is InChI=1S/5Na.2H3O4P/c;;;;;2*1-5(2,3)4/h;;;;;2*(H3,1,2,3,4)/q5*+1;;/p-5. The van der Waals surface area contributed by atoms with Crippen LogP contribution in [0.4, 0.5) is 0 Å². The Kier molecular flexibility index (Phi) is 61.3. The first-order chi connectivity index (χ1) is 4.00. The maximum absolute atomic E-state index is 8.66. The molecule has 0 unspecified atom stereocenters. The van der Waals surface area contributed by atoms with Crippen molar-refractivity contribution < 1.29 is 186 Å². The van der Waals surface area contributed by atoms with Crippen molar-refractivity contribution in [3.8, 4) is 0 Å². The number of hydrogen-bond acceptors (Lipinski definition) is 7. The topological polar surface area (TPSA) is 170 Å². The van der Waals surface area contributed by atoms with Crippen molar-refractivity contribution in [2.45, 2.75) is 0 Å². The van der Waals surface area contributed by atoms with E-state index in [0.717, 1.165) is 0 Å². The summed E-state index contributed by atoms with van der Waals surface area (Å²) in [6.45, 7) is 0. The molecule has 0 heterocycles. The van der Waals surface area contributed by atoms with E-state index in [4.69, 9.17) is 38.5 Å². The van der Waals surface area contributed by atoms with Crippen LogP contribution in [0, 0.1) is 0 Å². The van der Waals surface area contributed by atoms with Gasteiger partial charge in [-0.2, -0.15) is 7.82 Å². The van der Waals surface area contributed by atoms with Crippen LogP contribution in [0.5, 0.6) is 0 Å². The Bertz CT molecular complexity index is 133. The molecule has 15 heavy (non-hydrogen) atoms. The monoisotopic (exact) mass is 306 g/mol. The summed E-state index contributed by atoms with van der Waals surface area (Å²) >= 11 is 0. The molecule has 0 aliphatic heterocycles. The minimum atomic E-state index is -5.39. The van der Waals surface area contributed by atoms with Crippen LogP contribution in [0.15, 0.2) is 0 Å². The molecule has 0 saturated heterocycles. The van der Waals surface area contributed by atoms with Crippen molar-refractivity contribution in [3.63, 3.8) is 0 Å². The second-order valence-electron chi connectivity index (χ2n) is 0.916. The van der Waals surface area contributed by atoms with Gasteiger partial charge >= 0.3 is 148 Å². The largest absolute Gasteiger partial charge is 1.00 e. The first-order valence-electron chi connectivity index (χ1n) is 1.48. The molecule has 0 saturated carbocycles. The van der Waals surface area contributed by atoms with E-state index in [-0.39, 0.29) is 148 Å². The molecule has 15 heteroatoms. The second kappa shape index (κ2) is 21.5. The minimum Gasteiger partial charge on any atom is -0.822 e. The van der Waals surface area contributed by atoms with Crippen LogP contribution in [0.3, 0.4) is 0 Å². The van der Waals surface area contributed by atoms with Crippen LogP contribution in [-0.4, -0.2) is 4.89 Å². The average molecular weight is 306 g/mol. The molecular formula is HNa5O8P2. The summed E-state index contributed by atoms with van der Waals surface area (Å²) in [4.78, 5) is 49.9. The Balaban J connectivity index is -0.0000000128. The summed E-state index contributed by atoms with van der Waals surface area (Å²) in [5.41, 5.74) is 0. The fraction of sp³-hybridized carbons (Fsp3) is 0. The molecular weight excluding hydrogens is 305 g/mol. The van der Waals surface area contributed by atoms with Gasteiger partial charge in [-0.05, 0) is 0 Å². The van der Waals surface area contributed by atoms with Gasteiger partial charge in [0, 0.05) is 0 Å². The van der Waals surface area contributed by atoms with E-state index in [1.165, 1.54) is 0 Å². The molecule has 0 amide bonds. The number of phosphoric acid groups is 2. The molecule has 1 N–H and O–H groups in total. The molecule has 0 rings (SSSR count). The Morgan fingerprint density at radius 1 is 0.667 bits per heavy atom. The molecule has 0 aromatic heterocycles. The third-order valence-electron chi connectivity index (χ3n) is 0. The van der Waals surface area contributed by atoms with E-state index < -0.39 is 15.6 Å². The van der Waals surface area contributed by atoms with Gasteiger partial charge in [0.1, 0.15) is 0 Å². The average Bonchev–Trinajstić information content (AvgIpc) is 1.12. The van der Waals surface area contributed by atoms with E-state index in [0.29, 0.717) is 0 Å². The van der Waals surface area contributed by atoms with Gasteiger partial charge in [-0.15, -0.1) is 0 Å². The summed E-state index contributed by atoms with van der Waals surface area (Å²) in [5, 5.41) is 0. The zero-order valence-corrected chi connectivity index (χ0v) is 21.0. The summed E-state index contributed by atoms with van der Waals surface area (Å²) < 4.78 is 17.2. The van der Waals surface area contributed by atoms with Gasteiger partial charge in [-0.25, -0.2) is 0 Å². The van der Waals surface area contributed by atoms with Gasteiger partial charge in [-0.1, -0.05) is 0 Å². The molecule has 0 aromatic rings. The zero-order chi connectivity index (χ0) is 9.00. The number of hydrogen-bond donors (Lipinski definition) is 1. The molecule has 0 aliphatic carbocycles. The summed E-state index contributed by atoms with van der Waals surface area (Å²) in [7, 11) is -10.5. The maximum Gasteiger partial charge on any atom is 1.00 e. The van der Waals surface area contributed by atoms with Crippen LogP contribution in [-0.2, 0) is 9.13 Å². The molecule has 0 atom stereocenters. The molecule has 0 aromatic carbocycles. The summed E-state index contributed by atoms with van der Waals surface area (Å²) in [6, 6.07) is 0. The van der Waals surface area contributed by atoms with E-state index in [2.05, 4.69) is 0 Å². The van der Waals surface area contributed by atoms with Gasteiger partial charge in [0.05, 0.1) is 7.82 Å². The molecule has 0 fully saturated rings. The third kappa shape index (κ3) is 209. The summed E-state index contributed by atoms with van der Waals surface area (Å²) in [6.07, 6.45) is 0. The second-order valence-corrected chi connectivity index (χ2v) is 2.75. The van der Waals surface area contributed by atoms with Crippen LogP contribution >= 0.6 is 15.6 Å². The normalized spacial score (nSPS) is 7.87. The van der Waals surface area contributed by atoms with Crippen molar-refractivity contribution in [1.29, 1.82) is 0 Å². The minimum absolute atomic E-state index is 0. The fourth-order valence-electron chi connectivity index (χ4n) is 0. The Hall–Kier alpha value is 5.22. The van der Waals surface area contributed by atoms with Crippen LogP contribution in [0.2, 0.25) is 0 Å². The van der Waals surface area contributed by atoms with Gasteiger partial charge in [-0.3, -0.25) is 0 Å². The Morgan fingerprint density at radius 3 is 0.667 bits per heavy atom. The van der Waals surface area contributed by atoms with Crippen LogP contribution in [0.1, 0.15) is 0 Å². The molecule has 0 radical (unpaired) electrons. The maximum atomic E-state index is 8.66. The third-order valence-corrected chi connectivity index (χ3v) is 0. The Morgan fingerprint density at radius 2 is 0.667 bits per heavy atom. The van der Waals surface area contributed by atoms with Gasteiger partial charge in [0.25, 0.3) is 0 Å². The quantitative estimate of drug-likeness (QED) is 0.339. The summed E-state index contributed by atoms with van der Waals surface area (Å²) in [5.74, 6) is 0. The SMILES string of the molecule is O=P([O-])([O-])O.O=P([O-])([O-])[O-].[Na+].[Na+].[Na+].[Na+].[Na+]. The predicted octanol–water partition coefficient (Wildman–Crippen LogP) is -20.0. The fourth-order valence-corrected chi connectivity index (χ4v) is 0. The molecule has 0 aliphatic rings. The molecule has 0 spiro atoms. The van der Waals surface area contributed by atoms with E-state index in [9.17, 15) is 0 Å². The first kappa shape index (κ1) is 42.7. The van der Waals surface area contributed by atoms with Gasteiger partial charge < -0.3 is 38.5 Å². The van der Waals surface area contributed by atoms with Crippen molar-refractivity contribution in [3.05, 3.63) is 0 Å². The first-order valence-corrected chi connectivity index (χ1v) is 4.43. The Labute approximate surface area is 197 Å². The van der Waals surface area contributed by atoms with E-state index >= 15 is 0 Å². The molecule has 8 nitrogen and oxygen atoms in total. The van der Waals surface area contributed by atoms with Crippen molar-refractivity contribution in [1.82, 2.24) is 0 Å². The smallest absolute Gasteiger partial charge is 0.822 e. The molecule has 0 bridgehead atoms. The van der Waals surface area contributed by atoms with Crippen molar-refractivity contribution in [2.75, 3.05) is 0 Å². The van der Waals surface area contributed by atoms with Crippen LogP contribution in [0.25, 0.3) is 0 Å². The van der Waals surface area contributed by atoms with E-state index in [1.807, 2.05) is 0 Å². The number of rotatable bonds is 0. The van der Waals surface area contributed by atoms with Crippen molar-refractivity contribution >= 4 is 15.6 Å². The van der Waals surface area contributed by atoms with Gasteiger partial charge in [0.2, 0.25) is 0 Å². The zero-order valence-electron chi connectivity index (χ0n) is 9.20. The predicted molar refractivity (Wildman–Crippen MR) is 17.4 cm³/mol. The molecule has 64 valence electrons. The van der Waals surface area contributed by atoms with Gasteiger partial charge in [0.15, 0.2) is 0 Å². The van der Waals surface area contributed by atoms with E-state index in [1.54, 1.807) is 0 Å². The van der Waals surface area contributed by atoms with Crippen LogP contribution < -0.4 is 172 Å².